The summed E-state index contributed by atoms with van der Waals surface area (Å²) in [5, 5.41) is 18.0. The molecule has 0 radical (unpaired) electrons. The lowest BCUT2D eigenvalue weighted by Gasteiger charge is -2.37. The molecule has 1 fully saturated rings. The number of rotatable bonds is 6. The second-order valence-electron chi connectivity index (χ2n) is 6.80. The first-order valence-corrected chi connectivity index (χ1v) is 10.3. The Bertz CT molecular complexity index is 785. The van der Waals surface area contributed by atoms with Gasteiger partial charge in [-0.15, -0.1) is 11.3 Å². The standard InChI is InChI=1S/C20H27FN4O2S/c1-14-13-25(7-8-27-14)17(19-4-3-9-28-19)12-24-20(22-2)23-11-15-5-6-18(26)16(21)10-15/h3-6,9-10,14,17,26H,7-8,11-13H2,1-2H3,(H2,22,23,24). The molecular formula is C20H27FN4O2S. The number of thiophene rings is 1. The molecule has 0 bridgehead atoms. The lowest BCUT2D eigenvalue weighted by atomic mass is 10.1. The molecule has 2 heterocycles. The number of phenols is 1. The topological polar surface area (TPSA) is 69.1 Å². The first-order valence-electron chi connectivity index (χ1n) is 9.37. The molecule has 2 atom stereocenters. The van der Waals surface area contributed by atoms with Crippen molar-refractivity contribution in [3.05, 3.63) is 52.0 Å². The zero-order chi connectivity index (χ0) is 19.9. The zero-order valence-electron chi connectivity index (χ0n) is 16.2. The van der Waals surface area contributed by atoms with Crippen LogP contribution in [0.1, 0.15) is 23.4 Å². The van der Waals surface area contributed by atoms with Gasteiger partial charge in [-0.3, -0.25) is 9.89 Å². The molecule has 1 aliphatic rings. The lowest BCUT2D eigenvalue weighted by Crippen LogP contribution is -2.47. The number of hydrogen-bond acceptors (Lipinski definition) is 5. The van der Waals surface area contributed by atoms with Gasteiger partial charge in [-0.1, -0.05) is 12.1 Å². The fraction of sp³-hybridized carbons (Fsp3) is 0.450. The second kappa shape index (κ2) is 9.86. The minimum atomic E-state index is -0.624. The molecule has 0 spiro atoms. The molecule has 152 valence electrons. The van der Waals surface area contributed by atoms with E-state index in [1.54, 1.807) is 24.5 Å². The molecule has 8 heteroatoms. The van der Waals surface area contributed by atoms with E-state index in [0.29, 0.717) is 19.0 Å². The highest BCUT2D eigenvalue weighted by Gasteiger charge is 2.26. The molecular weight excluding hydrogens is 379 g/mol. The maximum absolute atomic E-state index is 13.5. The molecule has 0 aliphatic carbocycles. The molecule has 28 heavy (non-hydrogen) atoms. The fourth-order valence-corrected chi connectivity index (χ4v) is 4.14. The molecule has 6 nitrogen and oxygen atoms in total. The normalized spacial score (nSPS) is 19.4. The summed E-state index contributed by atoms with van der Waals surface area (Å²) in [7, 11) is 1.71. The molecule has 2 aromatic rings. The van der Waals surface area contributed by atoms with Crippen LogP contribution in [0.2, 0.25) is 0 Å². The molecule has 0 amide bonds. The van der Waals surface area contributed by atoms with Gasteiger partial charge in [0.1, 0.15) is 0 Å². The van der Waals surface area contributed by atoms with Crippen LogP contribution < -0.4 is 10.6 Å². The van der Waals surface area contributed by atoms with E-state index in [2.05, 4.69) is 45.0 Å². The molecule has 0 saturated carbocycles. The summed E-state index contributed by atoms with van der Waals surface area (Å²) in [6.45, 7) is 5.74. The number of ether oxygens (including phenoxy) is 1. The number of hydrogen-bond donors (Lipinski definition) is 3. The summed E-state index contributed by atoms with van der Waals surface area (Å²) in [6.07, 6.45) is 0.220. The molecule has 1 saturated heterocycles. The Morgan fingerprint density at radius 2 is 2.29 bits per heavy atom. The minimum Gasteiger partial charge on any atom is -0.505 e. The van der Waals surface area contributed by atoms with Gasteiger partial charge in [0.25, 0.3) is 0 Å². The molecule has 1 aromatic carbocycles. The van der Waals surface area contributed by atoms with Gasteiger partial charge >= 0.3 is 0 Å². The third-order valence-electron chi connectivity index (χ3n) is 4.74. The molecule has 3 rings (SSSR count). The fourth-order valence-electron chi connectivity index (χ4n) is 3.28. The van der Waals surface area contributed by atoms with Crippen LogP contribution in [0.5, 0.6) is 5.75 Å². The van der Waals surface area contributed by atoms with Crippen molar-refractivity contribution in [1.29, 1.82) is 0 Å². The Labute approximate surface area is 169 Å². The van der Waals surface area contributed by atoms with Crippen LogP contribution in [0.15, 0.2) is 40.7 Å². The zero-order valence-corrected chi connectivity index (χ0v) is 17.0. The number of halogens is 1. The van der Waals surface area contributed by atoms with Crippen molar-refractivity contribution < 1.29 is 14.2 Å². The van der Waals surface area contributed by atoms with Gasteiger partial charge in [0.2, 0.25) is 0 Å². The first-order chi connectivity index (χ1) is 13.6. The van der Waals surface area contributed by atoms with E-state index in [1.165, 1.54) is 17.0 Å². The smallest absolute Gasteiger partial charge is 0.191 e. The van der Waals surface area contributed by atoms with E-state index in [0.717, 1.165) is 25.3 Å². The summed E-state index contributed by atoms with van der Waals surface area (Å²) in [4.78, 5) is 8.01. The molecule has 1 aromatic heterocycles. The van der Waals surface area contributed by atoms with Gasteiger partial charge in [0.05, 0.1) is 18.8 Å². The van der Waals surface area contributed by atoms with Gasteiger partial charge in [0, 0.05) is 38.1 Å². The summed E-state index contributed by atoms with van der Waals surface area (Å²) in [5.41, 5.74) is 0.732. The number of aliphatic imine (C=N–C) groups is 1. The number of benzene rings is 1. The average molecular weight is 407 g/mol. The van der Waals surface area contributed by atoms with Gasteiger partial charge in [-0.2, -0.15) is 0 Å². The van der Waals surface area contributed by atoms with Crippen molar-refractivity contribution in [1.82, 2.24) is 15.5 Å². The summed E-state index contributed by atoms with van der Waals surface area (Å²) >= 11 is 1.75. The van der Waals surface area contributed by atoms with E-state index in [9.17, 15) is 9.50 Å². The predicted molar refractivity (Wildman–Crippen MR) is 110 cm³/mol. The second-order valence-corrected chi connectivity index (χ2v) is 7.78. The number of phenolic OH excluding ortho intramolecular Hbond substituents is 1. The van der Waals surface area contributed by atoms with Crippen LogP contribution in [-0.4, -0.2) is 55.4 Å². The molecule has 1 aliphatic heterocycles. The monoisotopic (exact) mass is 406 g/mol. The third kappa shape index (κ3) is 5.43. The summed E-state index contributed by atoms with van der Waals surface area (Å²) in [5.74, 6) is -0.317. The SMILES string of the molecule is CN=C(NCc1ccc(O)c(F)c1)NCC(c1cccs1)N1CCOC(C)C1. The predicted octanol–water partition coefficient (Wildman–Crippen LogP) is 2.72. The van der Waals surface area contributed by atoms with Crippen molar-refractivity contribution in [3.8, 4) is 5.75 Å². The van der Waals surface area contributed by atoms with Crippen LogP contribution in [0.4, 0.5) is 4.39 Å². The van der Waals surface area contributed by atoms with E-state index in [-0.39, 0.29) is 17.9 Å². The average Bonchev–Trinajstić information content (AvgIpc) is 3.21. The highest BCUT2D eigenvalue weighted by molar-refractivity contribution is 7.10. The third-order valence-corrected chi connectivity index (χ3v) is 5.72. The van der Waals surface area contributed by atoms with Crippen molar-refractivity contribution in [2.45, 2.75) is 25.6 Å². The Balaban J connectivity index is 1.60. The van der Waals surface area contributed by atoms with E-state index in [1.807, 2.05) is 0 Å². The Morgan fingerprint density at radius 1 is 1.43 bits per heavy atom. The van der Waals surface area contributed by atoms with Gasteiger partial charge < -0.3 is 20.5 Å². The number of morpholine rings is 1. The Hall–Kier alpha value is -2.16. The van der Waals surface area contributed by atoms with Crippen LogP contribution in [0.25, 0.3) is 0 Å². The summed E-state index contributed by atoms with van der Waals surface area (Å²) < 4.78 is 19.2. The minimum absolute atomic E-state index is 0.220. The maximum Gasteiger partial charge on any atom is 0.191 e. The van der Waals surface area contributed by atoms with Crippen molar-refractivity contribution in [3.63, 3.8) is 0 Å². The Morgan fingerprint density at radius 3 is 2.96 bits per heavy atom. The van der Waals surface area contributed by atoms with Crippen LogP contribution in [0, 0.1) is 5.82 Å². The Kier molecular flexibility index (Phi) is 7.24. The van der Waals surface area contributed by atoms with Crippen molar-refractivity contribution in [2.75, 3.05) is 33.3 Å². The van der Waals surface area contributed by atoms with E-state index >= 15 is 0 Å². The summed E-state index contributed by atoms with van der Waals surface area (Å²) in [6, 6.07) is 8.82. The first kappa shape index (κ1) is 20.6. The quantitative estimate of drug-likeness (QED) is 0.508. The van der Waals surface area contributed by atoms with Gasteiger partial charge in [-0.05, 0) is 36.1 Å². The highest BCUT2D eigenvalue weighted by Crippen LogP contribution is 2.26. The lowest BCUT2D eigenvalue weighted by molar-refractivity contribution is -0.0334. The number of nitrogens with zero attached hydrogens (tertiary/aromatic N) is 2. The van der Waals surface area contributed by atoms with Crippen LogP contribution in [-0.2, 0) is 11.3 Å². The highest BCUT2D eigenvalue weighted by atomic mass is 32.1. The number of aromatic hydroxyl groups is 1. The van der Waals surface area contributed by atoms with Crippen LogP contribution >= 0.6 is 11.3 Å². The van der Waals surface area contributed by atoms with Crippen molar-refractivity contribution in [2.24, 2.45) is 4.99 Å². The van der Waals surface area contributed by atoms with Gasteiger partial charge in [-0.25, -0.2) is 4.39 Å². The van der Waals surface area contributed by atoms with E-state index in [4.69, 9.17) is 4.74 Å². The van der Waals surface area contributed by atoms with E-state index < -0.39 is 5.82 Å². The number of guanidine groups is 1. The molecule has 3 N–H and O–H groups in total. The van der Waals surface area contributed by atoms with Crippen molar-refractivity contribution >= 4 is 17.3 Å². The van der Waals surface area contributed by atoms with Gasteiger partial charge in [0.15, 0.2) is 17.5 Å². The number of nitrogens with one attached hydrogen (secondary N) is 2. The molecule has 2 unspecified atom stereocenters. The maximum atomic E-state index is 13.5. The largest absolute Gasteiger partial charge is 0.505 e. The van der Waals surface area contributed by atoms with Crippen LogP contribution in [0.3, 0.4) is 0 Å².